The van der Waals surface area contributed by atoms with Crippen LogP contribution in [0.25, 0.3) is 0 Å². The summed E-state index contributed by atoms with van der Waals surface area (Å²) in [6.45, 7) is 12.6. The Bertz CT molecular complexity index is 416. The zero-order valence-electron chi connectivity index (χ0n) is 12.3. The summed E-state index contributed by atoms with van der Waals surface area (Å²) in [6.07, 6.45) is 1.33. The minimum atomic E-state index is -0.179. The lowest BCUT2D eigenvalue weighted by Crippen LogP contribution is -2.46. The van der Waals surface area contributed by atoms with E-state index in [9.17, 15) is 4.79 Å². The normalized spacial score (nSPS) is 12.6. The molecule has 1 amide bonds. The first-order chi connectivity index (χ1) is 8.07. The minimum Gasteiger partial charge on any atom is -0.351 e. The molecule has 102 valence electrons. The number of thiazole rings is 1. The van der Waals surface area contributed by atoms with Crippen LogP contribution in [0.5, 0.6) is 0 Å². The molecular formula is C14H24N2OS. The summed E-state index contributed by atoms with van der Waals surface area (Å²) in [5.74, 6) is 0.0543. The molecule has 0 aliphatic heterocycles. The fraction of sp³-hybridized carbons (Fsp3) is 0.714. The number of hydrogen-bond acceptors (Lipinski definition) is 3. The highest BCUT2D eigenvalue weighted by atomic mass is 32.1. The molecule has 0 radical (unpaired) electrons. The summed E-state index contributed by atoms with van der Waals surface area (Å²) >= 11 is 1.55. The summed E-state index contributed by atoms with van der Waals surface area (Å²) in [5.41, 5.74) is 1.01. The summed E-state index contributed by atoms with van der Waals surface area (Å²) in [4.78, 5) is 16.3. The lowest BCUT2D eigenvalue weighted by Gasteiger charge is -2.33. The van der Waals surface area contributed by atoms with Crippen LogP contribution in [0.2, 0.25) is 0 Å². The molecule has 0 aromatic carbocycles. The predicted octanol–water partition coefficient (Wildman–Crippen LogP) is 3.33. The lowest BCUT2D eigenvalue weighted by atomic mass is 9.82. The van der Waals surface area contributed by atoms with Crippen molar-refractivity contribution >= 4 is 17.2 Å². The van der Waals surface area contributed by atoms with Crippen LogP contribution in [0.1, 0.15) is 51.7 Å². The molecule has 0 bridgehead atoms. The van der Waals surface area contributed by atoms with Crippen molar-refractivity contribution < 1.29 is 4.79 Å². The van der Waals surface area contributed by atoms with Gasteiger partial charge in [-0.05, 0) is 32.6 Å². The van der Waals surface area contributed by atoms with Gasteiger partial charge in [0.1, 0.15) is 5.01 Å². The maximum Gasteiger partial charge on any atom is 0.227 e. The largest absolute Gasteiger partial charge is 0.351 e. The molecule has 0 fully saturated rings. The number of carbonyl (C=O) groups is 1. The van der Waals surface area contributed by atoms with Gasteiger partial charge in [0.05, 0.1) is 6.42 Å². The first kappa shape index (κ1) is 15.2. The van der Waals surface area contributed by atoms with Crippen LogP contribution < -0.4 is 5.32 Å². The Morgan fingerprint density at radius 3 is 2.39 bits per heavy atom. The van der Waals surface area contributed by atoms with Gasteiger partial charge in [0.25, 0.3) is 0 Å². The Balaban J connectivity index is 2.54. The van der Waals surface area contributed by atoms with E-state index in [0.717, 1.165) is 17.1 Å². The third-order valence-electron chi connectivity index (χ3n) is 2.43. The number of hydrogen-bond donors (Lipinski definition) is 1. The molecule has 0 unspecified atom stereocenters. The highest BCUT2D eigenvalue weighted by Crippen LogP contribution is 2.26. The van der Waals surface area contributed by atoms with Crippen LogP contribution in [0.4, 0.5) is 0 Å². The van der Waals surface area contributed by atoms with Crippen LogP contribution in [-0.4, -0.2) is 16.4 Å². The molecular weight excluding hydrogens is 244 g/mol. The van der Waals surface area contributed by atoms with E-state index >= 15 is 0 Å². The first-order valence-electron chi connectivity index (χ1n) is 6.29. The molecule has 18 heavy (non-hydrogen) atoms. The third kappa shape index (κ3) is 5.63. The van der Waals surface area contributed by atoms with Crippen molar-refractivity contribution in [3.8, 4) is 0 Å². The maximum atomic E-state index is 12.0. The van der Waals surface area contributed by atoms with E-state index in [0.29, 0.717) is 6.42 Å². The van der Waals surface area contributed by atoms with Crippen molar-refractivity contribution in [3.63, 3.8) is 0 Å². The van der Waals surface area contributed by atoms with Crippen LogP contribution in [-0.2, 0) is 11.2 Å². The second-order valence-electron chi connectivity index (χ2n) is 6.73. The van der Waals surface area contributed by atoms with E-state index < -0.39 is 0 Å². The zero-order chi connectivity index (χ0) is 14.0. The molecule has 0 aliphatic carbocycles. The predicted molar refractivity (Wildman–Crippen MR) is 76.8 cm³/mol. The van der Waals surface area contributed by atoms with Gasteiger partial charge < -0.3 is 5.32 Å². The van der Waals surface area contributed by atoms with Crippen LogP contribution in [0, 0.1) is 12.3 Å². The van der Waals surface area contributed by atoms with Crippen molar-refractivity contribution in [1.29, 1.82) is 0 Å². The Hall–Kier alpha value is -0.900. The maximum absolute atomic E-state index is 12.0. The molecule has 0 saturated heterocycles. The number of carbonyl (C=O) groups excluding carboxylic acids is 1. The van der Waals surface area contributed by atoms with Crippen molar-refractivity contribution in [2.75, 3.05) is 0 Å². The fourth-order valence-electron chi connectivity index (χ4n) is 2.41. The first-order valence-corrected chi connectivity index (χ1v) is 7.17. The van der Waals surface area contributed by atoms with Crippen LogP contribution in [0.3, 0.4) is 0 Å². The molecule has 0 aliphatic rings. The van der Waals surface area contributed by atoms with Crippen LogP contribution >= 0.6 is 11.3 Å². The standard InChI is InChI=1S/C14H24N2OS/c1-10-8-18-12(15-10)7-11(17)16-14(5,6)9-13(2,3)4/h8H,7,9H2,1-6H3,(H,16,17). The monoisotopic (exact) mass is 268 g/mol. The summed E-state index contributed by atoms with van der Waals surface area (Å²) < 4.78 is 0. The number of nitrogens with one attached hydrogen (secondary N) is 1. The Kier molecular flexibility index (Phi) is 4.54. The summed E-state index contributed by atoms with van der Waals surface area (Å²) in [7, 11) is 0. The fourth-order valence-corrected chi connectivity index (χ4v) is 3.18. The number of amides is 1. The van der Waals surface area contributed by atoms with E-state index in [2.05, 4.69) is 44.9 Å². The number of aromatic nitrogens is 1. The Morgan fingerprint density at radius 1 is 1.33 bits per heavy atom. The Labute approximate surface area is 114 Å². The molecule has 1 heterocycles. The molecule has 1 rings (SSSR count). The van der Waals surface area contributed by atoms with Gasteiger partial charge in [-0.1, -0.05) is 20.8 Å². The summed E-state index contributed by atoms with van der Waals surface area (Å²) in [6, 6.07) is 0. The topological polar surface area (TPSA) is 42.0 Å². The van der Waals surface area contributed by atoms with Gasteiger partial charge >= 0.3 is 0 Å². The van der Waals surface area contributed by atoms with Crippen molar-refractivity contribution in [2.45, 2.75) is 59.9 Å². The highest BCUT2D eigenvalue weighted by molar-refractivity contribution is 7.09. The number of nitrogens with zero attached hydrogens (tertiary/aromatic N) is 1. The minimum absolute atomic E-state index is 0.0543. The van der Waals surface area contributed by atoms with E-state index in [1.54, 1.807) is 11.3 Å². The molecule has 0 saturated carbocycles. The SMILES string of the molecule is Cc1csc(CC(=O)NC(C)(C)CC(C)(C)C)n1. The van der Waals surface area contributed by atoms with Gasteiger partial charge in [-0.15, -0.1) is 11.3 Å². The smallest absolute Gasteiger partial charge is 0.227 e. The van der Waals surface area contributed by atoms with Gasteiger partial charge in [0.2, 0.25) is 5.91 Å². The molecule has 0 atom stereocenters. The van der Waals surface area contributed by atoms with Gasteiger partial charge in [-0.2, -0.15) is 0 Å². The number of aryl methyl sites for hydroxylation is 1. The molecule has 0 spiro atoms. The lowest BCUT2D eigenvalue weighted by molar-refractivity contribution is -0.122. The van der Waals surface area contributed by atoms with E-state index in [-0.39, 0.29) is 16.9 Å². The van der Waals surface area contributed by atoms with Crippen molar-refractivity contribution in [1.82, 2.24) is 10.3 Å². The van der Waals surface area contributed by atoms with E-state index in [4.69, 9.17) is 0 Å². The molecule has 1 N–H and O–H groups in total. The second-order valence-corrected chi connectivity index (χ2v) is 7.67. The third-order valence-corrected chi connectivity index (χ3v) is 3.40. The highest BCUT2D eigenvalue weighted by Gasteiger charge is 2.27. The second kappa shape index (κ2) is 5.39. The van der Waals surface area contributed by atoms with Gasteiger partial charge in [-0.3, -0.25) is 4.79 Å². The molecule has 4 heteroatoms. The van der Waals surface area contributed by atoms with Gasteiger partial charge in [-0.25, -0.2) is 4.98 Å². The van der Waals surface area contributed by atoms with Gasteiger partial charge in [0.15, 0.2) is 0 Å². The molecule has 1 aromatic rings. The molecule has 3 nitrogen and oxygen atoms in total. The summed E-state index contributed by atoms with van der Waals surface area (Å²) in [5, 5.41) is 5.96. The van der Waals surface area contributed by atoms with E-state index in [1.165, 1.54) is 0 Å². The average Bonchev–Trinajstić information content (AvgIpc) is 2.44. The molecule has 1 aromatic heterocycles. The van der Waals surface area contributed by atoms with Gasteiger partial charge in [0, 0.05) is 16.6 Å². The van der Waals surface area contributed by atoms with Crippen molar-refractivity contribution in [2.24, 2.45) is 5.41 Å². The average molecular weight is 268 g/mol. The zero-order valence-corrected chi connectivity index (χ0v) is 13.1. The Morgan fingerprint density at radius 2 is 1.94 bits per heavy atom. The van der Waals surface area contributed by atoms with Crippen LogP contribution in [0.15, 0.2) is 5.38 Å². The van der Waals surface area contributed by atoms with E-state index in [1.807, 2.05) is 12.3 Å². The van der Waals surface area contributed by atoms with Crippen molar-refractivity contribution in [3.05, 3.63) is 16.1 Å². The number of rotatable bonds is 4. The quantitative estimate of drug-likeness (QED) is 0.910.